The van der Waals surface area contributed by atoms with Crippen molar-refractivity contribution in [2.45, 2.75) is 9.92 Å². The highest BCUT2D eigenvalue weighted by Gasteiger charge is 2.19. The van der Waals surface area contributed by atoms with E-state index < -0.39 is 15.7 Å². The molecule has 3 rings (SSSR count). The van der Waals surface area contributed by atoms with Crippen molar-refractivity contribution in [2.75, 3.05) is 7.11 Å². The third kappa shape index (κ3) is 3.97. The molecular weight excluding hydrogens is 368 g/mol. The molecule has 0 saturated carbocycles. The highest BCUT2D eigenvalue weighted by molar-refractivity contribution is 7.91. The number of nitrogens with one attached hydrogen (secondary N) is 1. The summed E-state index contributed by atoms with van der Waals surface area (Å²) in [5, 5.41) is 9.16. The molecule has 2 N–H and O–H groups in total. The van der Waals surface area contributed by atoms with Gasteiger partial charge in [-0.05, 0) is 60.2 Å². The number of aromatic nitrogens is 1. The van der Waals surface area contributed by atoms with E-state index in [0.717, 1.165) is 5.39 Å². The highest BCUT2D eigenvalue weighted by atomic mass is 32.2. The van der Waals surface area contributed by atoms with E-state index in [0.29, 0.717) is 16.8 Å². The first kappa shape index (κ1) is 18.6. The van der Waals surface area contributed by atoms with Gasteiger partial charge in [-0.15, -0.1) is 0 Å². The Morgan fingerprint density at radius 3 is 2.52 bits per heavy atom. The molecule has 0 aliphatic rings. The van der Waals surface area contributed by atoms with Gasteiger partial charge in [0.05, 0.1) is 17.5 Å². The highest BCUT2D eigenvalue weighted by Crippen LogP contribution is 2.24. The van der Waals surface area contributed by atoms with Gasteiger partial charge in [0.2, 0.25) is 9.84 Å². The smallest absolute Gasteiger partial charge is 0.267 e. The molecule has 0 radical (unpaired) electrons. The van der Waals surface area contributed by atoms with Crippen molar-refractivity contribution >= 4 is 32.7 Å². The molecular formula is C19H16N2O5S. The molecule has 0 atom stereocenters. The number of fused-ring (bicyclic) bond motifs is 1. The standard InChI is InChI=1S/C19H16N2O5S/c1-26-15-5-7-16(8-6-15)27(24,25)19-11-4-14-12-13(2-9-17(14)20-19)3-10-18(22)21-23/h2-12,23H,1H3,(H,21,22)/b10-3+. The van der Waals surface area contributed by atoms with Crippen molar-refractivity contribution in [1.29, 1.82) is 0 Å². The Balaban J connectivity index is 1.96. The maximum atomic E-state index is 12.8. The van der Waals surface area contributed by atoms with Gasteiger partial charge in [0.15, 0.2) is 5.03 Å². The number of hydrogen-bond acceptors (Lipinski definition) is 6. The fourth-order valence-electron chi connectivity index (χ4n) is 2.46. The number of nitrogens with zero attached hydrogens (tertiary/aromatic N) is 1. The molecule has 0 fully saturated rings. The van der Waals surface area contributed by atoms with Gasteiger partial charge in [-0.25, -0.2) is 18.9 Å². The van der Waals surface area contributed by atoms with Gasteiger partial charge in [-0.2, -0.15) is 0 Å². The van der Waals surface area contributed by atoms with E-state index in [9.17, 15) is 13.2 Å². The van der Waals surface area contributed by atoms with E-state index in [1.807, 2.05) is 0 Å². The Hall–Kier alpha value is -3.23. The molecule has 0 bridgehead atoms. The zero-order valence-electron chi connectivity index (χ0n) is 14.3. The van der Waals surface area contributed by atoms with Crippen LogP contribution in [0.15, 0.2) is 70.6 Å². The van der Waals surface area contributed by atoms with Crippen LogP contribution in [0.4, 0.5) is 0 Å². The molecule has 3 aromatic rings. The van der Waals surface area contributed by atoms with E-state index in [-0.39, 0.29) is 9.92 Å². The number of benzene rings is 2. The van der Waals surface area contributed by atoms with Crippen molar-refractivity contribution < 1.29 is 23.2 Å². The van der Waals surface area contributed by atoms with Gasteiger partial charge in [0.1, 0.15) is 5.75 Å². The molecule has 0 aliphatic heterocycles. The number of carbonyl (C=O) groups is 1. The second-order valence-corrected chi connectivity index (χ2v) is 7.49. The van der Waals surface area contributed by atoms with Crippen molar-refractivity contribution in [1.82, 2.24) is 10.5 Å². The van der Waals surface area contributed by atoms with Gasteiger partial charge in [0.25, 0.3) is 5.91 Å². The van der Waals surface area contributed by atoms with Crippen LogP contribution in [-0.4, -0.2) is 31.6 Å². The number of hydrogen-bond donors (Lipinski definition) is 2. The van der Waals surface area contributed by atoms with E-state index in [4.69, 9.17) is 9.94 Å². The topological polar surface area (TPSA) is 106 Å². The third-order valence-corrected chi connectivity index (χ3v) is 5.54. The Labute approximate surface area is 155 Å². The average Bonchev–Trinajstić information content (AvgIpc) is 2.71. The Morgan fingerprint density at radius 2 is 1.85 bits per heavy atom. The number of ether oxygens (including phenoxy) is 1. The average molecular weight is 384 g/mol. The molecule has 1 aromatic heterocycles. The molecule has 2 aromatic carbocycles. The fraction of sp³-hybridized carbons (Fsp3) is 0.0526. The number of carbonyl (C=O) groups excluding carboxylic acids is 1. The Morgan fingerprint density at radius 1 is 1.11 bits per heavy atom. The maximum Gasteiger partial charge on any atom is 0.267 e. The molecule has 27 heavy (non-hydrogen) atoms. The second-order valence-electron chi connectivity index (χ2n) is 5.59. The van der Waals surface area contributed by atoms with Crippen LogP contribution in [0.25, 0.3) is 17.0 Å². The first-order chi connectivity index (χ1) is 12.9. The van der Waals surface area contributed by atoms with Crippen molar-refractivity contribution in [3.05, 3.63) is 66.2 Å². The molecule has 8 heteroatoms. The number of methoxy groups -OCH3 is 1. The molecule has 138 valence electrons. The zero-order valence-corrected chi connectivity index (χ0v) is 15.1. The SMILES string of the molecule is COc1ccc(S(=O)(=O)c2ccc3cc(/C=C/C(=O)NO)ccc3n2)cc1. The van der Waals surface area contributed by atoms with Gasteiger partial charge >= 0.3 is 0 Å². The summed E-state index contributed by atoms with van der Waals surface area (Å²) in [6, 6.07) is 14.3. The minimum absolute atomic E-state index is 0.0527. The Kier molecular flexibility index (Phi) is 5.20. The number of sulfone groups is 1. The van der Waals surface area contributed by atoms with Crippen LogP contribution in [0.2, 0.25) is 0 Å². The van der Waals surface area contributed by atoms with Crippen molar-refractivity contribution in [2.24, 2.45) is 0 Å². The predicted octanol–water partition coefficient (Wildman–Crippen LogP) is 2.59. The van der Waals surface area contributed by atoms with Gasteiger partial charge in [-0.3, -0.25) is 10.0 Å². The fourth-order valence-corrected chi connectivity index (χ4v) is 3.67. The summed E-state index contributed by atoms with van der Waals surface area (Å²) in [5.74, 6) is -0.0787. The van der Waals surface area contributed by atoms with Crippen LogP contribution in [-0.2, 0) is 14.6 Å². The minimum Gasteiger partial charge on any atom is -0.497 e. The first-order valence-corrected chi connectivity index (χ1v) is 9.34. The van der Waals surface area contributed by atoms with E-state index in [1.54, 1.807) is 36.4 Å². The lowest BCUT2D eigenvalue weighted by Gasteiger charge is -2.07. The van der Waals surface area contributed by atoms with Crippen LogP contribution in [0, 0.1) is 0 Å². The lowest BCUT2D eigenvalue weighted by molar-refractivity contribution is -0.124. The van der Waals surface area contributed by atoms with E-state index in [1.165, 1.54) is 42.9 Å². The number of hydroxylamine groups is 1. The maximum absolute atomic E-state index is 12.8. The molecule has 0 spiro atoms. The summed E-state index contributed by atoms with van der Waals surface area (Å²) in [7, 11) is -2.24. The van der Waals surface area contributed by atoms with Crippen LogP contribution >= 0.6 is 0 Å². The van der Waals surface area contributed by atoms with Crippen molar-refractivity contribution in [3.63, 3.8) is 0 Å². The largest absolute Gasteiger partial charge is 0.497 e. The van der Waals surface area contributed by atoms with E-state index in [2.05, 4.69) is 4.98 Å². The predicted molar refractivity (Wildman–Crippen MR) is 99.2 cm³/mol. The summed E-state index contributed by atoms with van der Waals surface area (Å²) in [6.07, 6.45) is 2.70. The van der Waals surface area contributed by atoms with Gasteiger partial charge in [-0.1, -0.05) is 6.07 Å². The molecule has 1 heterocycles. The summed E-state index contributed by atoms with van der Waals surface area (Å²) >= 11 is 0. The number of pyridine rings is 1. The van der Waals surface area contributed by atoms with Crippen LogP contribution in [0.1, 0.15) is 5.56 Å². The van der Waals surface area contributed by atoms with Gasteiger partial charge < -0.3 is 4.74 Å². The quantitative estimate of drug-likeness (QED) is 0.398. The normalized spacial score (nSPS) is 11.6. The summed E-state index contributed by atoms with van der Waals surface area (Å²) < 4.78 is 30.6. The number of rotatable bonds is 5. The lowest BCUT2D eigenvalue weighted by Crippen LogP contribution is -2.14. The second kappa shape index (κ2) is 7.56. The summed E-state index contributed by atoms with van der Waals surface area (Å²) in [4.78, 5) is 15.4. The third-order valence-electron chi connectivity index (χ3n) is 3.87. The molecule has 1 amide bonds. The molecule has 0 aliphatic carbocycles. The van der Waals surface area contributed by atoms with Crippen LogP contribution < -0.4 is 10.2 Å². The lowest BCUT2D eigenvalue weighted by atomic mass is 10.1. The molecule has 0 unspecified atom stereocenters. The van der Waals surface area contributed by atoms with Crippen molar-refractivity contribution in [3.8, 4) is 5.75 Å². The summed E-state index contributed by atoms with van der Waals surface area (Å²) in [5.41, 5.74) is 2.72. The molecule has 7 nitrogen and oxygen atoms in total. The first-order valence-electron chi connectivity index (χ1n) is 7.86. The molecule has 0 saturated heterocycles. The van der Waals surface area contributed by atoms with Gasteiger partial charge in [0, 0.05) is 11.5 Å². The van der Waals surface area contributed by atoms with Crippen LogP contribution in [0.5, 0.6) is 5.75 Å². The monoisotopic (exact) mass is 384 g/mol. The van der Waals surface area contributed by atoms with Crippen LogP contribution in [0.3, 0.4) is 0 Å². The van der Waals surface area contributed by atoms with E-state index >= 15 is 0 Å². The zero-order chi connectivity index (χ0) is 19.4. The minimum atomic E-state index is -3.75. The Bertz CT molecular complexity index is 1120. The number of amides is 1. The summed E-state index contributed by atoms with van der Waals surface area (Å²) in [6.45, 7) is 0.